The minimum Gasteiger partial charge on any atom is -0.454 e. The van der Waals surface area contributed by atoms with Crippen LogP contribution in [0.5, 0.6) is 0 Å². The molecule has 0 aliphatic heterocycles. The summed E-state index contributed by atoms with van der Waals surface area (Å²) in [5, 5.41) is 9.96. The van der Waals surface area contributed by atoms with Gasteiger partial charge in [-0.05, 0) is 52.2 Å². The Morgan fingerprint density at radius 1 is 1.12 bits per heavy atom. The highest BCUT2D eigenvalue weighted by Crippen LogP contribution is 2.20. The van der Waals surface area contributed by atoms with E-state index in [9.17, 15) is 14.7 Å². The van der Waals surface area contributed by atoms with Gasteiger partial charge in [-0.3, -0.25) is 9.59 Å². The molecule has 0 spiro atoms. The maximum Gasteiger partial charge on any atom is 0.303 e. The SMILES string of the molecule is C=CC(C)(O)CCC=C(C)C(OC(C)=O)C(C=C(C)C)OC(C)=O. The van der Waals surface area contributed by atoms with Crippen molar-refractivity contribution >= 4 is 11.9 Å². The number of allylic oxidation sites excluding steroid dienone is 2. The zero-order valence-electron chi connectivity index (χ0n) is 15.6. The van der Waals surface area contributed by atoms with E-state index in [-0.39, 0.29) is 0 Å². The lowest BCUT2D eigenvalue weighted by Crippen LogP contribution is -2.34. The number of aliphatic hydroxyl groups is 1. The minimum atomic E-state index is -0.955. The highest BCUT2D eigenvalue weighted by molar-refractivity contribution is 5.68. The molecule has 5 heteroatoms. The van der Waals surface area contributed by atoms with Crippen molar-refractivity contribution in [3.05, 3.63) is 36.0 Å². The van der Waals surface area contributed by atoms with Crippen LogP contribution in [0.25, 0.3) is 0 Å². The third-order valence-electron chi connectivity index (χ3n) is 3.40. The third kappa shape index (κ3) is 9.30. The first-order valence-electron chi connectivity index (χ1n) is 8.00. The van der Waals surface area contributed by atoms with Gasteiger partial charge >= 0.3 is 11.9 Å². The van der Waals surface area contributed by atoms with E-state index in [1.165, 1.54) is 19.9 Å². The van der Waals surface area contributed by atoms with Gasteiger partial charge in [0.25, 0.3) is 0 Å². The van der Waals surface area contributed by atoms with Gasteiger partial charge in [0.05, 0.1) is 5.60 Å². The van der Waals surface area contributed by atoms with E-state index in [2.05, 4.69) is 6.58 Å². The van der Waals surface area contributed by atoms with Gasteiger partial charge in [-0.25, -0.2) is 0 Å². The molecule has 0 rings (SSSR count). The van der Waals surface area contributed by atoms with Crippen molar-refractivity contribution in [3.8, 4) is 0 Å². The molecule has 0 amide bonds. The molecule has 0 fully saturated rings. The van der Waals surface area contributed by atoms with Crippen LogP contribution in [0.1, 0.15) is 54.4 Å². The van der Waals surface area contributed by atoms with E-state index >= 15 is 0 Å². The summed E-state index contributed by atoms with van der Waals surface area (Å²) in [5.41, 5.74) is 0.748. The summed E-state index contributed by atoms with van der Waals surface area (Å²) in [6.07, 6.45) is 4.80. The maximum atomic E-state index is 11.5. The fourth-order valence-corrected chi connectivity index (χ4v) is 2.11. The lowest BCUT2D eigenvalue weighted by atomic mass is 9.97. The highest BCUT2D eigenvalue weighted by Gasteiger charge is 2.27. The second kappa shape index (κ2) is 10.1. The highest BCUT2D eigenvalue weighted by atomic mass is 16.6. The lowest BCUT2D eigenvalue weighted by molar-refractivity contribution is -0.159. The number of carbonyl (C=O) groups is 2. The number of ether oxygens (including phenoxy) is 2. The molecule has 0 aromatic rings. The zero-order valence-corrected chi connectivity index (χ0v) is 15.6. The fraction of sp³-hybridized carbons (Fsp3) is 0.579. The Labute approximate surface area is 145 Å². The van der Waals surface area contributed by atoms with Crippen molar-refractivity contribution in [1.82, 2.24) is 0 Å². The van der Waals surface area contributed by atoms with Crippen LogP contribution >= 0.6 is 0 Å². The molecule has 3 atom stereocenters. The van der Waals surface area contributed by atoms with Gasteiger partial charge < -0.3 is 14.6 Å². The molecule has 24 heavy (non-hydrogen) atoms. The topological polar surface area (TPSA) is 72.8 Å². The first-order valence-corrected chi connectivity index (χ1v) is 8.00. The van der Waals surface area contributed by atoms with Crippen LogP contribution in [0.15, 0.2) is 36.0 Å². The molecule has 136 valence electrons. The van der Waals surface area contributed by atoms with Crippen LogP contribution < -0.4 is 0 Å². The summed E-state index contributed by atoms with van der Waals surface area (Å²) < 4.78 is 10.7. The van der Waals surface area contributed by atoms with E-state index in [1.807, 2.05) is 26.8 Å². The van der Waals surface area contributed by atoms with Crippen LogP contribution in [-0.2, 0) is 19.1 Å². The Balaban J connectivity index is 5.38. The number of hydrogen-bond donors (Lipinski definition) is 1. The number of esters is 2. The number of rotatable bonds is 9. The lowest BCUT2D eigenvalue weighted by Gasteiger charge is -2.26. The summed E-state index contributed by atoms with van der Waals surface area (Å²) in [7, 11) is 0. The Morgan fingerprint density at radius 2 is 1.67 bits per heavy atom. The van der Waals surface area contributed by atoms with E-state index in [4.69, 9.17) is 9.47 Å². The van der Waals surface area contributed by atoms with Crippen molar-refractivity contribution in [2.45, 2.75) is 72.2 Å². The van der Waals surface area contributed by atoms with E-state index in [0.717, 1.165) is 11.1 Å². The normalized spacial score (nSPS) is 16.4. The molecular weight excluding hydrogens is 308 g/mol. The maximum absolute atomic E-state index is 11.5. The fourth-order valence-electron chi connectivity index (χ4n) is 2.11. The Kier molecular flexibility index (Phi) is 9.29. The minimum absolute atomic E-state index is 0.447. The molecule has 0 bridgehead atoms. The van der Waals surface area contributed by atoms with E-state index in [0.29, 0.717) is 12.8 Å². The van der Waals surface area contributed by atoms with Crippen molar-refractivity contribution in [3.63, 3.8) is 0 Å². The first kappa shape index (κ1) is 22.1. The molecule has 0 radical (unpaired) electrons. The smallest absolute Gasteiger partial charge is 0.303 e. The Hall–Kier alpha value is -1.88. The van der Waals surface area contributed by atoms with Crippen LogP contribution in [0.4, 0.5) is 0 Å². The summed E-state index contributed by atoms with van der Waals surface area (Å²) in [5.74, 6) is -0.901. The number of hydrogen-bond acceptors (Lipinski definition) is 5. The van der Waals surface area contributed by atoms with E-state index < -0.39 is 29.7 Å². The molecule has 0 aromatic carbocycles. The van der Waals surface area contributed by atoms with Crippen LogP contribution in [-0.4, -0.2) is 34.9 Å². The average molecular weight is 338 g/mol. The van der Waals surface area contributed by atoms with Gasteiger partial charge in [-0.15, -0.1) is 6.58 Å². The predicted octanol–water partition coefficient (Wildman–Crippen LogP) is 3.48. The molecule has 0 heterocycles. The van der Waals surface area contributed by atoms with Gasteiger partial charge in [-0.1, -0.05) is 17.7 Å². The Bertz CT molecular complexity index is 510. The molecule has 0 saturated heterocycles. The second-order valence-electron chi connectivity index (χ2n) is 6.40. The van der Waals surface area contributed by atoms with Crippen LogP contribution in [0.2, 0.25) is 0 Å². The molecular formula is C19H30O5. The molecule has 3 unspecified atom stereocenters. The summed E-state index contributed by atoms with van der Waals surface area (Å²) >= 11 is 0. The monoisotopic (exact) mass is 338 g/mol. The average Bonchev–Trinajstić information content (AvgIpc) is 2.42. The zero-order chi connectivity index (χ0) is 18.9. The second-order valence-corrected chi connectivity index (χ2v) is 6.40. The molecule has 1 N–H and O–H groups in total. The largest absolute Gasteiger partial charge is 0.454 e. The van der Waals surface area contributed by atoms with Crippen LogP contribution in [0.3, 0.4) is 0 Å². The molecule has 0 saturated carbocycles. The standard InChI is InChI=1S/C19H30O5/c1-8-19(7,22)11-9-10-14(4)18(24-16(6)21)17(12-13(2)3)23-15(5)20/h8,10,12,17-18,22H,1,9,11H2,2-7H3. The van der Waals surface area contributed by atoms with E-state index in [1.54, 1.807) is 13.0 Å². The molecule has 0 aromatic heterocycles. The van der Waals surface area contributed by atoms with Crippen molar-refractivity contribution < 1.29 is 24.2 Å². The molecule has 5 nitrogen and oxygen atoms in total. The van der Waals surface area contributed by atoms with Gasteiger partial charge in [0.2, 0.25) is 0 Å². The van der Waals surface area contributed by atoms with Gasteiger partial charge in [0.1, 0.15) is 0 Å². The predicted molar refractivity (Wildman–Crippen MR) is 94.4 cm³/mol. The summed E-state index contributed by atoms with van der Waals surface area (Å²) in [6.45, 7) is 13.5. The first-order chi connectivity index (χ1) is 11.0. The Morgan fingerprint density at radius 3 is 2.08 bits per heavy atom. The number of carbonyl (C=O) groups excluding carboxylic acids is 2. The van der Waals surface area contributed by atoms with Crippen molar-refractivity contribution in [2.75, 3.05) is 0 Å². The summed E-state index contributed by atoms with van der Waals surface area (Å²) in [6, 6.07) is 0. The van der Waals surface area contributed by atoms with Gasteiger partial charge in [0, 0.05) is 13.8 Å². The van der Waals surface area contributed by atoms with Crippen LogP contribution in [0, 0.1) is 0 Å². The molecule has 0 aliphatic rings. The van der Waals surface area contributed by atoms with Crippen molar-refractivity contribution in [1.29, 1.82) is 0 Å². The summed E-state index contributed by atoms with van der Waals surface area (Å²) in [4.78, 5) is 22.8. The molecule has 0 aliphatic carbocycles. The van der Waals surface area contributed by atoms with Gasteiger partial charge in [-0.2, -0.15) is 0 Å². The van der Waals surface area contributed by atoms with Crippen molar-refractivity contribution in [2.24, 2.45) is 0 Å². The quantitative estimate of drug-likeness (QED) is 0.515. The third-order valence-corrected chi connectivity index (χ3v) is 3.40. The van der Waals surface area contributed by atoms with Gasteiger partial charge in [0.15, 0.2) is 12.2 Å².